The SMILES string of the molecule is CC=CC1C=CC(CCc2ccc(-c3ccc(OCC)c(F)c3F)cc2)CC1. The van der Waals surface area contributed by atoms with Crippen molar-refractivity contribution >= 4 is 0 Å². The van der Waals surface area contributed by atoms with Gasteiger partial charge in [0.15, 0.2) is 11.6 Å². The third-order valence-corrected chi connectivity index (χ3v) is 5.36. The van der Waals surface area contributed by atoms with Crippen molar-refractivity contribution in [3.63, 3.8) is 0 Å². The van der Waals surface area contributed by atoms with Crippen LogP contribution in [0.2, 0.25) is 0 Å². The van der Waals surface area contributed by atoms with E-state index in [4.69, 9.17) is 4.74 Å². The van der Waals surface area contributed by atoms with Crippen LogP contribution in [0.3, 0.4) is 0 Å². The van der Waals surface area contributed by atoms with Crippen LogP contribution in [0.15, 0.2) is 60.7 Å². The third kappa shape index (κ3) is 4.89. The van der Waals surface area contributed by atoms with E-state index in [0.29, 0.717) is 24.0 Å². The Hall–Kier alpha value is -2.42. The molecule has 1 aliphatic rings. The average Bonchev–Trinajstić information content (AvgIpc) is 2.72. The summed E-state index contributed by atoms with van der Waals surface area (Å²) in [5, 5.41) is 0. The Morgan fingerprint density at radius 3 is 2.43 bits per heavy atom. The maximum atomic E-state index is 14.4. The molecule has 0 saturated carbocycles. The van der Waals surface area contributed by atoms with Crippen LogP contribution < -0.4 is 4.74 Å². The van der Waals surface area contributed by atoms with Gasteiger partial charge in [-0.3, -0.25) is 0 Å². The molecule has 148 valence electrons. The predicted octanol–water partition coefficient (Wildman–Crippen LogP) is 7.12. The van der Waals surface area contributed by atoms with Crippen molar-refractivity contribution in [2.45, 2.75) is 39.5 Å². The Morgan fingerprint density at radius 1 is 1.00 bits per heavy atom. The quantitative estimate of drug-likeness (QED) is 0.463. The lowest BCUT2D eigenvalue weighted by atomic mass is 9.85. The fourth-order valence-corrected chi connectivity index (χ4v) is 3.77. The van der Waals surface area contributed by atoms with Gasteiger partial charge < -0.3 is 4.74 Å². The van der Waals surface area contributed by atoms with E-state index in [9.17, 15) is 8.78 Å². The Balaban J connectivity index is 1.63. The normalized spacial score (nSPS) is 19.3. The van der Waals surface area contributed by atoms with Gasteiger partial charge in [-0.15, -0.1) is 0 Å². The van der Waals surface area contributed by atoms with Gasteiger partial charge in [0.1, 0.15) is 0 Å². The molecule has 0 amide bonds. The lowest BCUT2D eigenvalue weighted by Crippen LogP contribution is -2.08. The van der Waals surface area contributed by atoms with Crippen LogP contribution in [-0.2, 0) is 6.42 Å². The highest BCUT2D eigenvalue weighted by Crippen LogP contribution is 2.31. The number of halogens is 2. The summed E-state index contributed by atoms with van der Waals surface area (Å²) in [6, 6.07) is 10.8. The van der Waals surface area contributed by atoms with Crippen LogP contribution in [0.5, 0.6) is 5.75 Å². The highest BCUT2D eigenvalue weighted by Gasteiger charge is 2.16. The van der Waals surface area contributed by atoms with E-state index in [1.807, 2.05) is 24.3 Å². The topological polar surface area (TPSA) is 9.23 Å². The average molecular weight is 382 g/mol. The molecule has 1 nitrogen and oxygen atoms in total. The van der Waals surface area contributed by atoms with E-state index in [-0.39, 0.29) is 11.3 Å². The van der Waals surface area contributed by atoms with Crippen molar-refractivity contribution in [2.24, 2.45) is 11.8 Å². The van der Waals surface area contributed by atoms with Crippen molar-refractivity contribution in [1.82, 2.24) is 0 Å². The van der Waals surface area contributed by atoms with Crippen LogP contribution in [0, 0.1) is 23.5 Å². The van der Waals surface area contributed by atoms with Gasteiger partial charge in [-0.25, -0.2) is 4.39 Å². The molecule has 0 aliphatic heterocycles. The van der Waals surface area contributed by atoms with Crippen molar-refractivity contribution in [1.29, 1.82) is 0 Å². The molecule has 0 heterocycles. The molecule has 0 saturated heterocycles. The number of rotatable bonds is 7. The molecule has 3 rings (SSSR count). The number of benzene rings is 2. The smallest absolute Gasteiger partial charge is 0.201 e. The maximum Gasteiger partial charge on any atom is 0.201 e. The molecule has 2 aromatic rings. The van der Waals surface area contributed by atoms with Crippen LogP contribution in [0.25, 0.3) is 11.1 Å². The Morgan fingerprint density at radius 2 is 1.79 bits per heavy atom. The molecule has 0 aromatic heterocycles. The summed E-state index contributed by atoms with van der Waals surface area (Å²) in [6.45, 7) is 4.11. The molecule has 2 unspecified atom stereocenters. The number of aryl methyl sites for hydroxylation is 1. The van der Waals surface area contributed by atoms with Crippen LogP contribution >= 0.6 is 0 Å². The first-order valence-electron chi connectivity index (χ1n) is 10.1. The lowest BCUT2D eigenvalue weighted by molar-refractivity contribution is 0.314. The summed E-state index contributed by atoms with van der Waals surface area (Å²) in [7, 11) is 0. The molecule has 0 radical (unpaired) electrons. The molecule has 0 bridgehead atoms. The van der Waals surface area contributed by atoms with Crippen molar-refractivity contribution < 1.29 is 13.5 Å². The van der Waals surface area contributed by atoms with Crippen LogP contribution in [0.1, 0.15) is 38.7 Å². The third-order valence-electron chi connectivity index (χ3n) is 5.36. The van der Waals surface area contributed by atoms with E-state index in [1.165, 1.54) is 24.5 Å². The van der Waals surface area contributed by atoms with Gasteiger partial charge in [-0.05, 0) is 74.6 Å². The van der Waals surface area contributed by atoms with Gasteiger partial charge >= 0.3 is 0 Å². The zero-order chi connectivity index (χ0) is 19.9. The minimum absolute atomic E-state index is 0.0439. The standard InChI is InChI=1S/C25H28F2O/c1-3-5-18-6-8-19(9-7-18)10-11-20-12-14-21(15-13-20)22-16-17-23(28-4-2)25(27)24(22)26/h3,5-6,8,12-19H,4,7,9-11H2,1-2H3. The van der Waals surface area contributed by atoms with Gasteiger partial charge in [-0.1, -0.05) is 48.6 Å². The van der Waals surface area contributed by atoms with Gasteiger partial charge in [-0.2, -0.15) is 4.39 Å². The molecule has 0 spiro atoms. The summed E-state index contributed by atoms with van der Waals surface area (Å²) >= 11 is 0. The molecule has 0 fully saturated rings. The summed E-state index contributed by atoms with van der Waals surface area (Å²) in [5.74, 6) is -0.619. The number of hydrogen-bond donors (Lipinski definition) is 0. The number of allylic oxidation sites excluding steroid dienone is 4. The molecule has 2 atom stereocenters. The van der Waals surface area contributed by atoms with E-state index >= 15 is 0 Å². The Kier molecular flexibility index (Phi) is 7.02. The fourth-order valence-electron chi connectivity index (χ4n) is 3.77. The summed E-state index contributed by atoms with van der Waals surface area (Å²) in [6.07, 6.45) is 13.6. The van der Waals surface area contributed by atoms with Crippen molar-refractivity contribution in [3.05, 3.63) is 77.9 Å². The summed E-state index contributed by atoms with van der Waals surface area (Å²) in [4.78, 5) is 0. The fraction of sp³-hybridized carbons (Fsp3) is 0.360. The van der Waals surface area contributed by atoms with E-state index < -0.39 is 11.6 Å². The number of hydrogen-bond acceptors (Lipinski definition) is 1. The minimum atomic E-state index is -0.927. The van der Waals surface area contributed by atoms with Crippen molar-refractivity contribution in [3.8, 4) is 16.9 Å². The van der Waals surface area contributed by atoms with E-state index in [2.05, 4.69) is 31.2 Å². The first kappa shape index (κ1) is 20.3. The maximum absolute atomic E-state index is 14.4. The van der Waals surface area contributed by atoms with Gasteiger partial charge in [0.2, 0.25) is 5.82 Å². The second kappa shape index (κ2) is 9.68. The largest absolute Gasteiger partial charge is 0.491 e. The molecule has 1 aliphatic carbocycles. The monoisotopic (exact) mass is 382 g/mol. The molecule has 0 N–H and O–H groups in total. The first-order chi connectivity index (χ1) is 13.6. The molecule has 28 heavy (non-hydrogen) atoms. The van der Waals surface area contributed by atoms with Gasteiger partial charge in [0, 0.05) is 5.56 Å². The summed E-state index contributed by atoms with van der Waals surface area (Å²) in [5.41, 5.74) is 2.16. The second-order valence-electron chi connectivity index (χ2n) is 7.32. The second-order valence-corrected chi connectivity index (χ2v) is 7.32. The Bertz CT molecular complexity index is 836. The Labute approximate surface area is 166 Å². The molecule has 2 aromatic carbocycles. The molecular formula is C25H28F2O. The zero-order valence-electron chi connectivity index (χ0n) is 16.6. The summed E-state index contributed by atoms with van der Waals surface area (Å²) < 4.78 is 33.6. The van der Waals surface area contributed by atoms with E-state index in [0.717, 1.165) is 12.8 Å². The minimum Gasteiger partial charge on any atom is -0.491 e. The van der Waals surface area contributed by atoms with Gasteiger partial charge in [0.05, 0.1) is 6.61 Å². The molecule has 3 heteroatoms. The van der Waals surface area contributed by atoms with Gasteiger partial charge in [0.25, 0.3) is 0 Å². The van der Waals surface area contributed by atoms with E-state index in [1.54, 1.807) is 13.0 Å². The lowest BCUT2D eigenvalue weighted by Gasteiger charge is -2.20. The van der Waals surface area contributed by atoms with Crippen LogP contribution in [-0.4, -0.2) is 6.61 Å². The van der Waals surface area contributed by atoms with Crippen molar-refractivity contribution in [2.75, 3.05) is 6.61 Å². The highest BCUT2D eigenvalue weighted by molar-refractivity contribution is 5.65. The zero-order valence-corrected chi connectivity index (χ0v) is 16.6. The molecular weight excluding hydrogens is 354 g/mol. The predicted molar refractivity (Wildman–Crippen MR) is 111 cm³/mol. The number of ether oxygens (including phenoxy) is 1. The first-order valence-corrected chi connectivity index (χ1v) is 10.1. The highest BCUT2D eigenvalue weighted by atomic mass is 19.2. The van der Waals surface area contributed by atoms with Crippen LogP contribution in [0.4, 0.5) is 8.78 Å².